The lowest BCUT2D eigenvalue weighted by Crippen LogP contribution is -2.47. The number of hydrogen-bond acceptors (Lipinski definition) is 3. The summed E-state index contributed by atoms with van der Waals surface area (Å²) in [6.45, 7) is 4.67. The maximum Gasteiger partial charge on any atom is 0.236 e. The van der Waals surface area contributed by atoms with E-state index in [9.17, 15) is 9.59 Å². The summed E-state index contributed by atoms with van der Waals surface area (Å²) < 4.78 is 6.62. The number of likely N-dealkylation sites (tertiary alicyclic amines) is 1. The fraction of sp³-hybridized carbons (Fsp3) is 0.875. The molecule has 2 bridgehead atoms. The molecule has 0 aromatic rings. The van der Waals surface area contributed by atoms with Crippen molar-refractivity contribution in [1.29, 1.82) is 0 Å². The number of likely N-dealkylation sites (N-methyl/N-ethyl adjacent to an activating group) is 1. The molecular weight excluding hydrogens is 268 g/mol. The molecule has 2 amide bonds. The van der Waals surface area contributed by atoms with E-state index in [-0.39, 0.29) is 35.9 Å². The molecule has 21 heavy (non-hydrogen) atoms. The number of amides is 2. The Morgan fingerprint density at radius 3 is 2.19 bits per heavy atom. The van der Waals surface area contributed by atoms with E-state index in [0.717, 1.165) is 30.4 Å². The van der Waals surface area contributed by atoms with Gasteiger partial charge in [-0.05, 0) is 19.3 Å². The van der Waals surface area contributed by atoms with Crippen LogP contribution in [0.15, 0.2) is 0 Å². The predicted molar refractivity (Wildman–Crippen MR) is 78.3 cm³/mol. The smallest absolute Gasteiger partial charge is 0.236 e. The van der Waals surface area contributed by atoms with Crippen molar-refractivity contribution in [3.63, 3.8) is 0 Å². The van der Waals surface area contributed by atoms with Crippen LogP contribution in [-0.4, -0.2) is 67.1 Å². The summed E-state index contributed by atoms with van der Waals surface area (Å²) in [5.41, 5.74) is 0. The lowest BCUT2D eigenvalue weighted by atomic mass is 9.81. The van der Waals surface area contributed by atoms with Gasteiger partial charge in [0.25, 0.3) is 0 Å². The van der Waals surface area contributed by atoms with Crippen LogP contribution in [0.4, 0.5) is 0 Å². The Bertz CT molecular complexity index is 421. The van der Waals surface area contributed by atoms with E-state index in [4.69, 9.17) is 4.74 Å². The molecule has 0 radical (unpaired) electrons. The Labute approximate surface area is 126 Å². The van der Waals surface area contributed by atoms with Crippen molar-refractivity contribution in [2.75, 3.05) is 33.7 Å². The molecule has 3 saturated heterocycles. The topological polar surface area (TPSA) is 46.6 Å². The monoisotopic (exact) mass is 295 g/mol. The van der Waals surface area contributed by atoms with Gasteiger partial charge in [-0.2, -0.15) is 0 Å². The lowest BCUT2D eigenvalue weighted by Gasteiger charge is -2.31. The second-order valence-corrected chi connectivity index (χ2v) is 7.41. The van der Waals surface area contributed by atoms with Gasteiger partial charge in [0.05, 0.1) is 57.8 Å². The molecule has 5 heteroatoms. The van der Waals surface area contributed by atoms with Crippen molar-refractivity contribution < 1.29 is 18.8 Å². The number of imide groups is 1. The molecule has 3 fully saturated rings. The minimum Gasteiger partial charge on any atom is -0.373 e. The summed E-state index contributed by atoms with van der Waals surface area (Å²) in [7, 11) is 4.35. The molecule has 0 aromatic heterocycles. The number of nitrogens with zero attached hydrogens (tertiary/aromatic N) is 2. The Balaban J connectivity index is 1.62. The van der Waals surface area contributed by atoms with Crippen LogP contribution < -0.4 is 0 Å². The molecule has 4 atom stereocenters. The fourth-order valence-electron chi connectivity index (χ4n) is 4.06. The first-order valence-corrected chi connectivity index (χ1v) is 8.27. The van der Waals surface area contributed by atoms with Gasteiger partial charge in [0.2, 0.25) is 11.8 Å². The minimum atomic E-state index is -0.178. The van der Waals surface area contributed by atoms with E-state index >= 15 is 0 Å². The zero-order chi connectivity index (χ0) is 15.2. The van der Waals surface area contributed by atoms with Crippen LogP contribution >= 0.6 is 0 Å². The molecule has 0 unspecified atom stereocenters. The molecule has 3 rings (SSSR count). The summed E-state index contributed by atoms with van der Waals surface area (Å²) >= 11 is 0. The summed E-state index contributed by atoms with van der Waals surface area (Å²) in [5, 5.41) is 0. The van der Waals surface area contributed by atoms with Gasteiger partial charge in [0.15, 0.2) is 0 Å². The number of unbranched alkanes of at least 4 members (excludes halogenated alkanes) is 1. The Hall–Kier alpha value is -0.940. The lowest BCUT2D eigenvalue weighted by molar-refractivity contribution is -0.889. The highest BCUT2D eigenvalue weighted by Gasteiger charge is 2.62. The van der Waals surface area contributed by atoms with Crippen molar-refractivity contribution in [3.05, 3.63) is 0 Å². The summed E-state index contributed by atoms with van der Waals surface area (Å²) in [6, 6.07) is 0. The van der Waals surface area contributed by atoms with E-state index in [2.05, 4.69) is 21.0 Å². The molecule has 0 N–H and O–H groups in total. The Morgan fingerprint density at radius 2 is 1.67 bits per heavy atom. The molecule has 3 heterocycles. The van der Waals surface area contributed by atoms with E-state index in [0.29, 0.717) is 6.54 Å². The van der Waals surface area contributed by atoms with E-state index in [1.54, 1.807) is 0 Å². The molecular formula is C16H27N2O3+. The van der Waals surface area contributed by atoms with Crippen LogP contribution in [0.25, 0.3) is 0 Å². The van der Waals surface area contributed by atoms with E-state index in [1.807, 2.05) is 0 Å². The quantitative estimate of drug-likeness (QED) is 0.543. The standard InChI is InChI=1S/C16H27N2O3/c1-4-5-9-18(2,3)10-8-17-15(19)13-11-6-7-12(21-11)14(13)16(17)20/h11-14H,4-10H2,1-3H3/q+1/t11-,12+,13-,14+. The minimum absolute atomic E-state index is 0.00374. The number of carbonyl (C=O) groups is 2. The molecule has 5 nitrogen and oxygen atoms in total. The number of fused-ring (bicyclic) bond motifs is 5. The van der Waals surface area contributed by atoms with Gasteiger partial charge in [-0.25, -0.2) is 0 Å². The van der Waals surface area contributed by atoms with Gasteiger partial charge >= 0.3 is 0 Å². The molecule has 0 aromatic carbocycles. The van der Waals surface area contributed by atoms with Gasteiger partial charge < -0.3 is 9.22 Å². The highest BCUT2D eigenvalue weighted by Crippen LogP contribution is 2.48. The number of rotatable bonds is 6. The second-order valence-electron chi connectivity index (χ2n) is 7.41. The molecule has 0 saturated carbocycles. The highest BCUT2D eigenvalue weighted by molar-refractivity contribution is 6.06. The van der Waals surface area contributed by atoms with E-state index < -0.39 is 0 Å². The first kappa shape index (κ1) is 15.0. The maximum absolute atomic E-state index is 12.5. The molecule has 3 aliphatic rings. The van der Waals surface area contributed by atoms with Gasteiger partial charge in [-0.3, -0.25) is 14.5 Å². The average molecular weight is 295 g/mol. The SMILES string of the molecule is CCCC[N+](C)(C)CCN1C(=O)[C@@H]2[C@H](C1=O)[C@H]1CC[C@@H]2O1. The zero-order valence-corrected chi connectivity index (χ0v) is 13.4. The van der Waals surface area contributed by atoms with Crippen molar-refractivity contribution in [1.82, 2.24) is 4.90 Å². The molecule has 0 spiro atoms. The zero-order valence-electron chi connectivity index (χ0n) is 13.4. The first-order chi connectivity index (χ1) is 9.94. The molecule has 0 aliphatic carbocycles. The van der Waals surface area contributed by atoms with Crippen LogP contribution in [0.5, 0.6) is 0 Å². The number of hydrogen-bond donors (Lipinski definition) is 0. The van der Waals surface area contributed by atoms with Crippen LogP contribution in [0, 0.1) is 11.8 Å². The van der Waals surface area contributed by atoms with Gasteiger partial charge in [0.1, 0.15) is 0 Å². The van der Waals surface area contributed by atoms with Crippen molar-refractivity contribution in [2.45, 2.75) is 44.8 Å². The average Bonchev–Trinajstić information content (AvgIpc) is 3.10. The number of carbonyl (C=O) groups excluding carboxylic acids is 2. The van der Waals surface area contributed by atoms with Crippen LogP contribution in [-0.2, 0) is 14.3 Å². The summed E-state index contributed by atoms with van der Waals surface area (Å²) in [5.74, 6) is -0.314. The van der Waals surface area contributed by atoms with Crippen LogP contribution in [0.3, 0.4) is 0 Å². The Kier molecular flexibility index (Phi) is 3.82. The van der Waals surface area contributed by atoms with E-state index in [1.165, 1.54) is 17.7 Å². The third kappa shape index (κ3) is 2.50. The Morgan fingerprint density at radius 1 is 1.10 bits per heavy atom. The highest BCUT2D eigenvalue weighted by atomic mass is 16.5. The van der Waals surface area contributed by atoms with Crippen LogP contribution in [0.1, 0.15) is 32.6 Å². The number of ether oxygens (including phenoxy) is 1. The largest absolute Gasteiger partial charge is 0.373 e. The van der Waals surface area contributed by atoms with Crippen molar-refractivity contribution in [2.24, 2.45) is 11.8 Å². The molecule has 3 aliphatic heterocycles. The van der Waals surface area contributed by atoms with Crippen LogP contribution in [0.2, 0.25) is 0 Å². The summed E-state index contributed by atoms with van der Waals surface area (Å²) in [4.78, 5) is 26.6. The molecule has 118 valence electrons. The normalized spacial score (nSPS) is 34.9. The maximum atomic E-state index is 12.5. The van der Waals surface area contributed by atoms with Gasteiger partial charge in [-0.15, -0.1) is 0 Å². The summed E-state index contributed by atoms with van der Waals surface area (Å²) in [6.07, 6.45) is 4.24. The van der Waals surface area contributed by atoms with Crippen molar-refractivity contribution >= 4 is 11.8 Å². The first-order valence-electron chi connectivity index (χ1n) is 8.27. The fourth-order valence-corrected chi connectivity index (χ4v) is 4.06. The third-order valence-electron chi connectivity index (χ3n) is 5.42. The van der Waals surface area contributed by atoms with Crippen molar-refractivity contribution in [3.8, 4) is 0 Å². The predicted octanol–water partition coefficient (Wildman–Crippen LogP) is 1.03. The van der Waals surface area contributed by atoms with Gasteiger partial charge in [0, 0.05) is 0 Å². The second kappa shape index (κ2) is 5.36. The number of quaternary nitrogens is 1. The van der Waals surface area contributed by atoms with Gasteiger partial charge in [-0.1, -0.05) is 13.3 Å². The third-order valence-corrected chi connectivity index (χ3v) is 5.42.